The predicted molar refractivity (Wildman–Crippen MR) is 107 cm³/mol. The number of methoxy groups -OCH3 is 1. The zero-order valence-electron chi connectivity index (χ0n) is 15.4. The summed E-state index contributed by atoms with van der Waals surface area (Å²) in [6.07, 6.45) is 0.344. The van der Waals surface area contributed by atoms with Crippen LogP contribution in [-0.4, -0.2) is 22.9 Å². The lowest BCUT2D eigenvalue weighted by Crippen LogP contribution is -2.33. The molecule has 5 rings (SSSR count). The molecule has 0 aliphatic carbocycles. The van der Waals surface area contributed by atoms with Crippen LogP contribution in [0.4, 0.5) is 0 Å². The Morgan fingerprint density at radius 2 is 1.86 bits per heavy atom. The van der Waals surface area contributed by atoms with Crippen LogP contribution in [0, 0.1) is 0 Å². The molecule has 0 bridgehead atoms. The van der Waals surface area contributed by atoms with E-state index in [1.54, 1.807) is 13.2 Å². The van der Waals surface area contributed by atoms with Crippen molar-refractivity contribution in [2.45, 2.75) is 18.7 Å². The molecule has 28 heavy (non-hydrogen) atoms. The molecule has 140 valence electrons. The normalized spacial score (nSPS) is 20.0. The Morgan fingerprint density at radius 3 is 2.71 bits per heavy atom. The van der Waals surface area contributed by atoms with Crippen LogP contribution in [0.5, 0.6) is 17.2 Å². The number of hydrogen-bond acceptors (Lipinski definition) is 5. The van der Waals surface area contributed by atoms with Crippen LogP contribution in [0.3, 0.4) is 0 Å². The summed E-state index contributed by atoms with van der Waals surface area (Å²) < 4.78 is 11.7. The average molecular weight is 372 g/mol. The minimum absolute atomic E-state index is 0.0516. The molecule has 2 aliphatic heterocycles. The van der Waals surface area contributed by atoms with Gasteiger partial charge >= 0.3 is 0 Å². The van der Waals surface area contributed by atoms with Crippen LogP contribution in [-0.2, 0) is 0 Å². The van der Waals surface area contributed by atoms with E-state index in [0.29, 0.717) is 6.42 Å². The molecule has 0 amide bonds. The van der Waals surface area contributed by atoms with Crippen molar-refractivity contribution in [3.63, 3.8) is 0 Å². The van der Waals surface area contributed by atoms with Gasteiger partial charge in [-0.25, -0.2) is 5.01 Å². The first-order chi connectivity index (χ1) is 13.7. The third-order valence-electron chi connectivity index (χ3n) is 5.29. The minimum atomic E-state index is -0.363. The number of rotatable bonds is 3. The number of hydrogen-bond donors (Lipinski definition) is 1. The molecule has 0 fully saturated rings. The van der Waals surface area contributed by atoms with E-state index in [4.69, 9.17) is 14.6 Å². The predicted octanol–water partition coefficient (Wildman–Crippen LogP) is 4.64. The van der Waals surface area contributed by atoms with E-state index in [1.165, 1.54) is 0 Å². The third kappa shape index (κ3) is 2.67. The summed E-state index contributed by atoms with van der Waals surface area (Å²) in [5.41, 5.74) is 3.70. The van der Waals surface area contributed by atoms with E-state index in [9.17, 15) is 5.11 Å². The van der Waals surface area contributed by atoms with Gasteiger partial charge in [0.25, 0.3) is 0 Å². The molecule has 0 unspecified atom stereocenters. The summed E-state index contributed by atoms with van der Waals surface area (Å²) >= 11 is 0. The summed E-state index contributed by atoms with van der Waals surface area (Å²) in [5.74, 6) is 1.89. The molecular weight excluding hydrogens is 352 g/mol. The van der Waals surface area contributed by atoms with Gasteiger partial charge in [0, 0.05) is 23.1 Å². The second kappa shape index (κ2) is 6.60. The molecule has 0 radical (unpaired) electrons. The fraction of sp³-hybridized carbons (Fsp3) is 0.174. The van der Waals surface area contributed by atoms with Gasteiger partial charge in [-0.1, -0.05) is 42.5 Å². The molecule has 2 atom stereocenters. The summed E-state index contributed by atoms with van der Waals surface area (Å²) in [4.78, 5) is 0. The third-order valence-corrected chi connectivity index (χ3v) is 5.29. The lowest BCUT2D eigenvalue weighted by atomic mass is 9.95. The highest BCUT2D eigenvalue weighted by atomic mass is 16.5. The van der Waals surface area contributed by atoms with Gasteiger partial charge < -0.3 is 14.6 Å². The second-order valence-electron chi connectivity index (χ2n) is 6.95. The molecule has 2 aliphatic rings. The van der Waals surface area contributed by atoms with Crippen molar-refractivity contribution in [3.8, 4) is 17.2 Å². The highest BCUT2D eigenvalue weighted by Crippen LogP contribution is 2.48. The van der Waals surface area contributed by atoms with Gasteiger partial charge in [-0.05, 0) is 30.3 Å². The van der Waals surface area contributed by atoms with E-state index < -0.39 is 0 Å². The second-order valence-corrected chi connectivity index (χ2v) is 6.95. The molecule has 3 aromatic carbocycles. The first kappa shape index (κ1) is 16.7. The van der Waals surface area contributed by atoms with E-state index in [-0.39, 0.29) is 18.0 Å². The molecule has 5 nitrogen and oxygen atoms in total. The van der Waals surface area contributed by atoms with Crippen LogP contribution in [0.15, 0.2) is 77.9 Å². The molecule has 5 heteroatoms. The summed E-state index contributed by atoms with van der Waals surface area (Å²) in [6.45, 7) is 0. The molecular formula is C23H20N2O3. The number of hydrazone groups is 1. The Bertz CT molecular complexity index is 1060. The maximum Gasteiger partial charge on any atom is 0.214 e. The molecule has 0 spiro atoms. The summed E-state index contributed by atoms with van der Waals surface area (Å²) in [7, 11) is 1.66. The van der Waals surface area contributed by atoms with Gasteiger partial charge in [-0.15, -0.1) is 0 Å². The Morgan fingerprint density at radius 1 is 1.04 bits per heavy atom. The van der Waals surface area contributed by atoms with Gasteiger partial charge in [0.05, 0.1) is 18.9 Å². The molecule has 2 heterocycles. The highest BCUT2D eigenvalue weighted by molar-refractivity contribution is 6.04. The first-order valence-corrected chi connectivity index (χ1v) is 9.28. The summed E-state index contributed by atoms with van der Waals surface area (Å²) in [6, 6.07) is 23.3. The number of nitrogens with zero attached hydrogens (tertiary/aromatic N) is 2. The van der Waals surface area contributed by atoms with Crippen molar-refractivity contribution in [1.29, 1.82) is 0 Å². The monoisotopic (exact) mass is 372 g/mol. The average Bonchev–Trinajstić information content (AvgIpc) is 3.19. The smallest absolute Gasteiger partial charge is 0.214 e. The number of phenolic OH excluding ortho intramolecular Hbond substituents is 1. The largest absolute Gasteiger partial charge is 0.507 e. The van der Waals surface area contributed by atoms with E-state index in [2.05, 4.69) is 6.07 Å². The number of benzene rings is 3. The highest BCUT2D eigenvalue weighted by Gasteiger charge is 2.41. The maximum absolute atomic E-state index is 10.3. The number of fused-ring (bicyclic) bond motifs is 3. The number of phenols is 1. The fourth-order valence-electron chi connectivity index (χ4n) is 3.93. The standard InChI is InChI=1S/C23H20N2O3/c1-27-16-8-6-7-15(13-16)23-25-20(18-10-3-5-12-22(18)28-23)14-19(24-25)17-9-2-4-11-21(17)26/h2-13,20,23,26H,14H2,1H3/t20-,23+/m1/s1. The van der Waals surface area contributed by atoms with Crippen molar-refractivity contribution in [2.24, 2.45) is 5.10 Å². The Balaban J connectivity index is 1.61. The molecule has 0 saturated heterocycles. The van der Waals surface area contributed by atoms with Crippen molar-refractivity contribution >= 4 is 5.71 Å². The Hall–Kier alpha value is -3.47. The topological polar surface area (TPSA) is 54.3 Å². The van der Waals surface area contributed by atoms with Crippen LogP contribution >= 0.6 is 0 Å². The lowest BCUT2D eigenvalue weighted by molar-refractivity contribution is -0.0191. The van der Waals surface area contributed by atoms with E-state index >= 15 is 0 Å². The number of para-hydroxylation sites is 2. The Kier molecular flexibility index (Phi) is 3.93. The maximum atomic E-state index is 10.3. The molecule has 0 aromatic heterocycles. The SMILES string of the molecule is COc1cccc([C@@H]2Oc3ccccc3[C@H]3CC(c4ccccc4O)=NN32)c1. The minimum Gasteiger partial charge on any atom is -0.507 e. The lowest BCUT2D eigenvalue weighted by Gasteiger charge is -2.38. The van der Waals surface area contributed by atoms with Gasteiger partial charge in [0.15, 0.2) is 0 Å². The fourth-order valence-corrected chi connectivity index (χ4v) is 3.93. The molecule has 1 N–H and O–H groups in total. The van der Waals surface area contributed by atoms with Crippen LogP contribution in [0.1, 0.15) is 35.4 Å². The van der Waals surface area contributed by atoms with Crippen molar-refractivity contribution < 1.29 is 14.6 Å². The molecule has 3 aromatic rings. The number of aromatic hydroxyl groups is 1. The van der Waals surface area contributed by atoms with Crippen LogP contribution in [0.2, 0.25) is 0 Å². The van der Waals surface area contributed by atoms with E-state index in [1.807, 2.05) is 65.7 Å². The van der Waals surface area contributed by atoms with Crippen molar-refractivity contribution in [2.75, 3.05) is 7.11 Å². The molecule has 0 saturated carbocycles. The van der Waals surface area contributed by atoms with Crippen molar-refractivity contribution in [1.82, 2.24) is 5.01 Å². The summed E-state index contributed by atoms with van der Waals surface area (Å²) in [5, 5.41) is 17.2. The Labute approximate surface area is 163 Å². The van der Waals surface area contributed by atoms with Gasteiger partial charge in [-0.3, -0.25) is 0 Å². The number of ether oxygens (including phenoxy) is 2. The van der Waals surface area contributed by atoms with Gasteiger partial charge in [-0.2, -0.15) is 5.10 Å². The van der Waals surface area contributed by atoms with Crippen LogP contribution in [0.25, 0.3) is 0 Å². The zero-order valence-corrected chi connectivity index (χ0v) is 15.4. The zero-order chi connectivity index (χ0) is 19.1. The van der Waals surface area contributed by atoms with E-state index in [0.717, 1.165) is 33.9 Å². The first-order valence-electron chi connectivity index (χ1n) is 9.28. The quantitative estimate of drug-likeness (QED) is 0.728. The van der Waals surface area contributed by atoms with Crippen LogP contribution < -0.4 is 9.47 Å². The van der Waals surface area contributed by atoms with Gasteiger partial charge in [0.2, 0.25) is 6.23 Å². The van der Waals surface area contributed by atoms with Gasteiger partial charge in [0.1, 0.15) is 17.2 Å². The van der Waals surface area contributed by atoms with Crippen molar-refractivity contribution in [3.05, 3.63) is 89.5 Å².